The van der Waals surface area contributed by atoms with Crippen LogP contribution in [0.25, 0.3) is 0 Å². The first-order valence-corrected chi connectivity index (χ1v) is 8.40. The third kappa shape index (κ3) is 4.62. The Morgan fingerprint density at radius 1 is 1.14 bits per heavy atom. The quantitative estimate of drug-likeness (QED) is 0.761. The Labute approximate surface area is 134 Å². The van der Waals surface area contributed by atoms with Gasteiger partial charge in [-0.3, -0.25) is 4.90 Å². The Balaban J connectivity index is 1.73. The van der Waals surface area contributed by atoms with Gasteiger partial charge in [0.05, 0.1) is 6.61 Å². The van der Waals surface area contributed by atoms with E-state index in [4.69, 9.17) is 9.47 Å². The summed E-state index contributed by atoms with van der Waals surface area (Å²) in [6.45, 7) is 8.80. The minimum atomic E-state index is 0.119. The van der Waals surface area contributed by atoms with Crippen molar-refractivity contribution in [1.29, 1.82) is 0 Å². The molecule has 1 N–H and O–H groups in total. The van der Waals surface area contributed by atoms with E-state index in [-0.39, 0.29) is 5.41 Å². The summed E-state index contributed by atoms with van der Waals surface area (Å²) in [7, 11) is 0. The van der Waals surface area contributed by atoms with Gasteiger partial charge >= 0.3 is 0 Å². The van der Waals surface area contributed by atoms with E-state index in [1.807, 2.05) is 31.2 Å². The zero-order valence-electron chi connectivity index (χ0n) is 13.9. The average Bonchev–Trinajstić information content (AvgIpc) is 2.94. The van der Waals surface area contributed by atoms with Crippen molar-refractivity contribution in [2.75, 3.05) is 39.5 Å². The van der Waals surface area contributed by atoms with Gasteiger partial charge in [-0.1, -0.05) is 13.3 Å². The molecule has 1 fully saturated rings. The lowest BCUT2D eigenvalue weighted by atomic mass is 9.83. The highest BCUT2D eigenvalue weighted by molar-refractivity contribution is 5.31. The zero-order valence-corrected chi connectivity index (χ0v) is 13.9. The van der Waals surface area contributed by atoms with E-state index in [0.29, 0.717) is 19.8 Å². The number of ether oxygens (including phenoxy) is 2. The van der Waals surface area contributed by atoms with Crippen LogP contribution >= 0.6 is 0 Å². The summed E-state index contributed by atoms with van der Waals surface area (Å²) in [5.74, 6) is 1.76. The highest BCUT2D eigenvalue weighted by Gasteiger charge is 2.36. The van der Waals surface area contributed by atoms with Crippen LogP contribution in [0, 0.1) is 5.41 Å². The fraction of sp³-hybridized carbons (Fsp3) is 0.667. The summed E-state index contributed by atoms with van der Waals surface area (Å²) < 4.78 is 11.2. The smallest absolute Gasteiger partial charge is 0.119 e. The molecular weight excluding hydrogens is 278 g/mol. The van der Waals surface area contributed by atoms with Gasteiger partial charge in [0, 0.05) is 25.1 Å². The summed E-state index contributed by atoms with van der Waals surface area (Å²) in [6.07, 6.45) is 3.34. The normalized spacial score (nSPS) is 22.0. The van der Waals surface area contributed by atoms with E-state index in [2.05, 4.69) is 11.8 Å². The lowest BCUT2D eigenvalue weighted by Crippen LogP contribution is -2.32. The predicted octanol–water partition coefficient (Wildman–Crippen LogP) is 2.95. The van der Waals surface area contributed by atoms with Gasteiger partial charge in [-0.05, 0) is 50.6 Å². The standard InChI is InChI=1S/C18H29NO3/c1-3-9-18(15-20)10-11-19(14-18)12-13-22-17-7-5-16(6-8-17)21-4-2/h5-8,20H,3-4,9-15H2,1-2H3. The number of rotatable bonds is 9. The minimum Gasteiger partial charge on any atom is -0.494 e. The molecule has 1 aliphatic rings. The van der Waals surface area contributed by atoms with Gasteiger partial charge in [0.25, 0.3) is 0 Å². The molecule has 22 heavy (non-hydrogen) atoms. The molecule has 0 aliphatic carbocycles. The van der Waals surface area contributed by atoms with Crippen LogP contribution < -0.4 is 9.47 Å². The molecule has 1 unspecified atom stereocenters. The molecule has 0 aromatic heterocycles. The van der Waals surface area contributed by atoms with Crippen molar-refractivity contribution in [1.82, 2.24) is 4.90 Å². The number of aliphatic hydroxyl groups excluding tert-OH is 1. The second-order valence-corrected chi connectivity index (χ2v) is 6.19. The third-order valence-electron chi connectivity index (χ3n) is 4.44. The maximum atomic E-state index is 9.67. The molecule has 124 valence electrons. The molecule has 1 saturated heterocycles. The minimum absolute atomic E-state index is 0.119. The molecule has 1 aromatic rings. The summed E-state index contributed by atoms with van der Waals surface area (Å²) in [6, 6.07) is 7.77. The Kier molecular flexibility index (Phi) is 6.52. The molecule has 0 radical (unpaired) electrons. The zero-order chi connectivity index (χ0) is 15.8. The van der Waals surface area contributed by atoms with Gasteiger partial charge in [-0.25, -0.2) is 0 Å². The molecule has 1 aromatic carbocycles. The molecule has 0 amide bonds. The van der Waals surface area contributed by atoms with E-state index in [1.165, 1.54) is 0 Å². The van der Waals surface area contributed by atoms with E-state index in [9.17, 15) is 5.11 Å². The fourth-order valence-corrected chi connectivity index (χ4v) is 3.25. The Morgan fingerprint density at radius 2 is 1.82 bits per heavy atom. The molecule has 0 spiro atoms. The molecule has 4 nitrogen and oxygen atoms in total. The first-order chi connectivity index (χ1) is 10.7. The van der Waals surface area contributed by atoms with Crippen molar-refractivity contribution in [3.8, 4) is 11.5 Å². The van der Waals surface area contributed by atoms with Crippen LogP contribution in [-0.4, -0.2) is 49.5 Å². The highest BCUT2D eigenvalue weighted by Crippen LogP contribution is 2.34. The van der Waals surface area contributed by atoms with Crippen LogP contribution in [0.15, 0.2) is 24.3 Å². The Morgan fingerprint density at radius 3 is 2.41 bits per heavy atom. The average molecular weight is 307 g/mol. The molecule has 2 rings (SSSR count). The maximum Gasteiger partial charge on any atom is 0.119 e. The van der Waals surface area contributed by atoms with Gasteiger partial charge in [-0.15, -0.1) is 0 Å². The van der Waals surface area contributed by atoms with Crippen molar-refractivity contribution in [2.24, 2.45) is 5.41 Å². The predicted molar refractivity (Wildman–Crippen MR) is 88.6 cm³/mol. The lowest BCUT2D eigenvalue weighted by Gasteiger charge is -2.26. The Bertz CT molecular complexity index is 434. The van der Waals surface area contributed by atoms with Crippen LogP contribution in [0.1, 0.15) is 33.1 Å². The number of hydrogen-bond donors (Lipinski definition) is 1. The first kappa shape index (κ1) is 17.1. The van der Waals surface area contributed by atoms with Gasteiger partial charge in [0.15, 0.2) is 0 Å². The monoisotopic (exact) mass is 307 g/mol. The molecule has 0 saturated carbocycles. The maximum absolute atomic E-state index is 9.67. The van der Waals surface area contributed by atoms with E-state index < -0.39 is 0 Å². The first-order valence-electron chi connectivity index (χ1n) is 8.40. The molecule has 1 atom stereocenters. The topological polar surface area (TPSA) is 41.9 Å². The van der Waals surface area contributed by atoms with E-state index in [1.54, 1.807) is 0 Å². The molecule has 1 aliphatic heterocycles. The number of hydrogen-bond acceptors (Lipinski definition) is 4. The van der Waals surface area contributed by atoms with Crippen molar-refractivity contribution in [2.45, 2.75) is 33.1 Å². The van der Waals surface area contributed by atoms with Crippen LogP contribution in [0.3, 0.4) is 0 Å². The van der Waals surface area contributed by atoms with Crippen LogP contribution in [0.5, 0.6) is 11.5 Å². The number of aliphatic hydroxyl groups is 1. The molecule has 1 heterocycles. The largest absolute Gasteiger partial charge is 0.494 e. The van der Waals surface area contributed by atoms with Crippen LogP contribution in [-0.2, 0) is 0 Å². The van der Waals surface area contributed by atoms with Crippen molar-refractivity contribution < 1.29 is 14.6 Å². The SMILES string of the molecule is CCCC1(CO)CCN(CCOc2ccc(OCC)cc2)C1. The van der Waals surface area contributed by atoms with Gasteiger partial charge in [-0.2, -0.15) is 0 Å². The summed E-state index contributed by atoms with van der Waals surface area (Å²) in [5.41, 5.74) is 0.119. The summed E-state index contributed by atoms with van der Waals surface area (Å²) >= 11 is 0. The summed E-state index contributed by atoms with van der Waals surface area (Å²) in [4.78, 5) is 2.40. The van der Waals surface area contributed by atoms with Crippen LogP contribution in [0.4, 0.5) is 0 Å². The van der Waals surface area contributed by atoms with Crippen molar-refractivity contribution >= 4 is 0 Å². The van der Waals surface area contributed by atoms with Crippen molar-refractivity contribution in [3.05, 3.63) is 24.3 Å². The lowest BCUT2D eigenvalue weighted by molar-refractivity contribution is 0.115. The second-order valence-electron chi connectivity index (χ2n) is 6.19. The van der Waals surface area contributed by atoms with Gasteiger partial charge in [0.1, 0.15) is 18.1 Å². The van der Waals surface area contributed by atoms with E-state index >= 15 is 0 Å². The molecular formula is C18H29NO3. The van der Waals surface area contributed by atoms with Crippen molar-refractivity contribution in [3.63, 3.8) is 0 Å². The Hall–Kier alpha value is -1.26. The third-order valence-corrected chi connectivity index (χ3v) is 4.44. The van der Waals surface area contributed by atoms with Gasteiger partial charge < -0.3 is 14.6 Å². The number of nitrogens with zero attached hydrogens (tertiary/aromatic N) is 1. The van der Waals surface area contributed by atoms with E-state index in [0.717, 1.165) is 50.4 Å². The highest BCUT2D eigenvalue weighted by atomic mass is 16.5. The second kappa shape index (κ2) is 8.39. The number of benzene rings is 1. The number of likely N-dealkylation sites (tertiary alicyclic amines) is 1. The fourth-order valence-electron chi connectivity index (χ4n) is 3.25. The van der Waals surface area contributed by atoms with Crippen LogP contribution in [0.2, 0.25) is 0 Å². The van der Waals surface area contributed by atoms with Gasteiger partial charge in [0.2, 0.25) is 0 Å². The molecule has 0 bridgehead atoms. The molecule has 4 heteroatoms. The summed E-state index contributed by atoms with van der Waals surface area (Å²) in [5, 5.41) is 9.67.